The fraction of sp³-hybridized carbons (Fsp3) is 0.833. The van der Waals surface area contributed by atoms with E-state index in [0.29, 0.717) is 6.54 Å². The minimum atomic E-state index is -4.13. The van der Waals surface area contributed by atoms with Crippen molar-refractivity contribution >= 4 is 16.1 Å². The van der Waals surface area contributed by atoms with E-state index >= 15 is 0 Å². The van der Waals surface area contributed by atoms with Crippen LogP contribution in [0, 0.1) is 5.92 Å². The Kier molecular flexibility index (Phi) is 4.71. The van der Waals surface area contributed by atoms with Crippen molar-refractivity contribution in [2.45, 2.75) is 13.8 Å². The molecule has 0 spiro atoms. The second kappa shape index (κ2) is 5.03. The van der Waals surface area contributed by atoms with Crippen LogP contribution in [0.3, 0.4) is 0 Å². The maximum atomic E-state index is 10.8. The molecule has 0 rings (SSSR count). The summed E-state index contributed by atoms with van der Waals surface area (Å²) in [6, 6.07) is -0.605. The summed E-state index contributed by atoms with van der Waals surface area (Å²) in [6.07, 6.45) is 0. The van der Waals surface area contributed by atoms with Gasteiger partial charge in [-0.25, -0.2) is 4.79 Å². The van der Waals surface area contributed by atoms with Crippen molar-refractivity contribution in [1.29, 1.82) is 0 Å². The van der Waals surface area contributed by atoms with Gasteiger partial charge in [0.25, 0.3) is 10.1 Å². The molecule has 0 saturated heterocycles. The second-order valence-electron chi connectivity index (χ2n) is 3.01. The summed E-state index contributed by atoms with van der Waals surface area (Å²) in [4.78, 5) is 10.8. The predicted octanol–water partition coefficient (Wildman–Crippen LogP) is -0.213. The van der Waals surface area contributed by atoms with E-state index < -0.39 is 22.0 Å². The first-order valence-corrected chi connectivity index (χ1v) is 5.39. The molecule has 0 aliphatic rings. The molecule has 2 amide bonds. The number of carbonyl (C=O) groups excluding carboxylic acids is 1. The van der Waals surface area contributed by atoms with E-state index in [1.165, 1.54) is 0 Å². The van der Waals surface area contributed by atoms with Crippen LogP contribution in [0.25, 0.3) is 0 Å². The van der Waals surface area contributed by atoms with Crippen molar-refractivity contribution in [3.63, 3.8) is 0 Å². The lowest BCUT2D eigenvalue weighted by Crippen LogP contribution is -2.39. The molecule has 0 aromatic heterocycles. The summed E-state index contributed by atoms with van der Waals surface area (Å²) in [5, 5.41) is 4.42. The van der Waals surface area contributed by atoms with Gasteiger partial charge in [0.1, 0.15) is 5.88 Å². The highest BCUT2D eigenvalue weighted by molar-refractivity contribution is 7.85. The number of carbonyl (C=O) groups is 1. The van der Waals surface area contributed by atoms with Crippen LogP contribution in [-0.4, -0.2) is 31.4 Å². The van der Waals surface area contributed by atoms with Gasteiger partial charge >= 0.3 is 6.03 Å². The molecular formula is C6H14N2O4S. The second-order valence-corrected chi connectivity index (χ2v) is 4.46. The lowest BCUT2D eigenvalue weighted by atomic mass is 10.2. The molecule has 0 saturated carbocycles. The van der Waals surface area contributed by atoms with Gasteiger partial charge in [0.05, 0.1) is 0 Å². The average molecular weight is 210 g/mol. The normalized spacial score (nSPS) is 11.4. The largest absolute Gasteiger partial charge is 0.338 e. The van der Waals surface area contributed by atoms with Crippen LogP contribution in [-0.2, 0) is 10.1 Å². The molecule has 0 radical (unpaired) electrons. The zero-order valence-electron chi connectivity index (χ0n) is 7.57. The maximum Gasteiger partial charge on any atom is 0.315 e. The standard InChI is InChI=1S/C6H14N2O4S/c1-5(2)3-7-6(9)8-4-13(10,11)12/h5H,3-4H2,1-2H3,(H2,7,8,9)(H,10,11,12). The Hall–Kier alpha value is -0.820. The summed E-state index contributed by atoms with van der Waals surface area (Å²) in [6.45, 7) is 4.27. The van der Waals surface area contributed by atoms with Crippen molar-refractivity contribution in [3.05, 3.63) is 0 Å². The topological polar surface area (TPSA) is 95.5 Å². The first-order valence-electron chi connectivity index (χ1n) is 3.78. The Morgan fingerprint density at radius 1 is 1.38 bits per heavy atom. The first-order chi connectivity index (χ1) is 5.81. The van der Waals surface area contributed by atoms with Crippen LogP contribution in [0.1, 0.15) is 13.8 Å². The van der Waals surface area contributed by atoms with Crippen LogP contribution in [0.2, 0.25) is 0 Å². The summed E-state index contributed by atoms with van der Waals surface area (Å²) in [7, 11) is -4.13. The van der Waals surface area contributed by atoms with Crippen molar-refractivity contribution in [3.8, 4) is 0 Å². The molecule has 7 heteroatoms. The van der Waals surface area contributed by atoms with Gasteiger partial charge in [-0.05, 0) is 5.92 Å². The molecule has 0 heterocycles. The van der Waals surface area contributed by atoms with Gasteiger partial charge in [-0.2, -0.15) is 8.42 Å². The minimum Gasteiger partial charge on any atom is -0.338 e. The quantitative estimate of drug-likeness (QED) is 0.559. The minimum absolute atomic E-state index is 0.288. The Morgan fingerprint density at radius 3 is 2.31 bits per heavy atom. The average Bonchev–Trinajstić information content (AvgIpc) is 1.95. The highest BCUT2D eigenvalue weighted by Crippen LogP contribution is 1.86. The first kappa shape index (κ1) is 12.2. The van der Waals surface area contributed by atoms with E-state index in [1.807, 2.05) is 19.2 Å². The third-order valence-electron chi connectivity index (χ3n) is 1.09. The third-order valence-corrected chi connectivity index (χ3v) is 1.60. The lowest BCUT2D eigenvalue weighted by molar-refractivity contribution is 0.240. The van der Waals surface area contributed by atoms with Gasteiger partial charge in [-0.15, -0.1) is 0 Å². The molecule has 0 aliphatic heterocycles. The number of rotatable bonds is 4. The van der Waals surface area contributed by atoms with Crippen LogP contribution in [0.5, 0.6) is 0 Å². The Balaban J connectivity index is 3.65. The molecule has 78 valence electrons. The highest BCUT2D eigenvalue weighted by atomic mass is 32.2. The van der Waals surface area contributed by atoms with Crippen molar-refractivity contribution < 1.29 is 17.8 Å². The zero-order valence-corrected chi connectivity index (χ0v) is 8.39. The number of hydrogen-bond acceptors (Lipinski definition) is 3. The molecule has 0 fully saturated rings. The van der Waals surface area contributed by atoms with Gasteiger partial charge in [0, 0.05) is 6.54 Å². The van der Waals surface area contributed by atoms with Gasteiger partial charge in [-0.1, -0.05) is 13.8 Å². The molecule has 0 aliphatic carbocycles. The van der Waals surface area contributed by atoms with E-state index in [4.69, 9.17) is 4.55 Å². The number of hydrogen-bond donors (Lipinski definition) is 3. The van der Waals surface area contributed by atoms with Crippen molar-refractivity contribution in [2.24, 2.45) is 5.92 Å². The van der Waals surface area contributed by atoms with E-state index in [9.17, 15) is 13.2 Å². The van der Waals surface area contributed by atoms with E-state index in [2.05, 4.69) is 5.32 Å². The molecule has 0 bridgehead atoms. The summed E-state index contributed by atoms with van der Waals surface area (Å²) < 4.78 is 28.6. The lowest BCUT2D eigenvalue weighted by Gasteiger charge is -2.07. The smallest absolute Gasteiger partial charge is 0.315 e. The van der Waals surface area contributed by atoms with Crippen LogP contribution < -0.4 is 10.6 Å². The molecule has 13 heavy (non-hydrogen) atoms. The molecule has 0 unspecified atom stereocenters. The highest BCUT2D eigenvalue weighted by Gasteiger charge is 2.07. The number of amides is 2. The SMILES string of the molecule is CC(C)CNC(=O)NCS(=O)(=O)O. The molecule has 6 nitrogen and oxygen atoms in total. The summed E-state index contributed by atoms with van der Waals surface area (Å²) in [5.74, 6) is -0.479. The Bertz CT molecular complexity index is 260. The van der Waals surface area contributed by atoms with Crippen LogP contribution >= 0.6 is 0 Å². The molecule has 0 atom stereocenters. The summed E-state index contributed by atoms with van der Waals surface area (Å²) >= 11 is 0. The van der Waals surface area contributed by atoms with E-state index in [1.54, 1.807) is 0 Å². The number of nitrogens with one attached hydrogen (secondary N) is 2. The zero-order chi connectivity index (χ0) is 10.5. The molecule has 0 aromatic carbocycles. The van der Waals surface area contributed by atoms with Crippen LogP contribution in [0.4, 0.5) is 4.79 Å². The third kappa shape index (κ3) is 9.09. The fourth-order valence-corrected chi connectivity index (χ4v) is 0.830. The fourth-order valence-electron chi connectivity index (χ4n) is 0.516. The predicted molar refractivity (Wildman–Crippen MR) is 47.8 cm³/mol. The van der Waals surface area contributed by atoms with Gasteiger partial charge in [0.15, 0.2) is 0 Å². The van der Waals surface area contributed by atoms with Crippen LogP contribution in [0.15, 0.2) is 0 Å². The maximum absolute atomic E-state index is 10.8. The Labute approximate surface area is 77.5 Å². The number of urea groups is 1. The van der Waals surface area contributed by atoms with Crippen molar-refractivity contribution in [1.82, 2.24) is 10.6 Å². The van der Waals surface area contributed by atoms with E-state index in [0.717, 1.165) is 0 Å². The van der Waals surface area contributed by atoms with Gasteiger partial charge < -0.3 is 10.6 Å². The van der Waals surface area contributed by atoms with Gasteiger partial charge in [0.2, 0.25) is 0 Å². The van der Waals surface area contributed by atoms with E-state index in [-0.39, 0.29) is 5.92 Å². The monoisotopic (exact) mass is 210 g/mol. The molecule has 3 N–H and O–H groups in total. The van der Waals surface area contributed by atoms with Crippen molar-refractivity contribution in [2.75, 3.05) is 12.4 Å². The summed E-state index contributed by atoms with van der Waals surface area (Å²) in [5.41, 5.74) is 0. The van der Waals surface area contributed by atoms with Gasteiger partial charge in [-0.3, -0.25) is 4.55 Å². The Morgan fingerprint density at radius 2 is 1.92 bits per heavy atom. The molecule has 0 aromatic rings. The molecular weight excluding hydrogens is 196 g/mol.